The average molecular weight is 328 g/mol. The van der Waals surface area contributed by atoms with Crippen molar-refractivity contribution in [2.75, 3.05) is 39.0 Å². The minimum Gasteiger partial charge on any atom is -0.341 e. The molecule has 2 amide bonds. The van der Waals surface area contributed by atoms with Gasteiger partial charge < -0.3 is 15.1 Å². The summed E-state index contributed by atoms with van der Waals surface area (Å²) in [6.45, 7) is 3.33. The van der Waals surface area contributed by atoms with E-state index in [9.17, 15) is 9.59 Å². The van der Waals surface area contributed by atoms with E-state index in [1.165, 1.54) is 6.92 Å². The van der Waals surface area contributed by atoms with Crippen molar-refractivity contribution >= 4 is 28.4 Å². The van der Waals surface area contributed by atoms with Gasteiger partial charge in [-0.05, 0) is 26.2 Å². The minimum atomic E-state index is -0.121. The van der Waals surface area contributed by atoms with Gasteiger partial charge in [0.15, 0.2) is 0 Å². The highest BCUT2D eigenvalue weighted by Crippen LogP contribution is 2.20. The molecule has 1 aromatic heterocycles. The minimum absolute atomic E-state index is 0.0172. The summed E-state index contributed by atoms with van der Waals surface area (Å²) in [5.41, 5.74) is 1.46. The van der Waals surface area contributed by atoms with Crippen LogP contribution in [-0.2, 0) is 9.59 Å². The molecule has 1 N–H and O–H groups in total. The molecule has 0 saturated carbocycles. The number of aromatic nitrogens is 1. The predicted octanol–water partition coefficient (Wildman–Crippen LogP) is 1.97. The first-order valence-corrected chi connectivity index (χ1v) is 8.01. The first kappa shape index (κ1) is 17.9. The number of amides is 2. The smallest absolute Gasteiger partial charge is 0.226 e. The summed E-state index contributed by atoms with van der Waals surface area (Å²) in [6.07, 6.45) is 1.97. The van der Waals surface area contributed by atoms with Gasteiger partial charge in [-0.25, -0.2) is 0 Å². The molecule has 0 atom stereocenters. The summed E-state index contributed by atoms with van der Waals surface area (Å²) in [5, 5.41) is 3.87. The molecule has 0 bridgehead atoms. The lowest BCUT2D eigenvalue weighted by Crippen LogP contribution is -2.37. The van der Waals surface area contributed by atoms with Gasteiger partial charge in [-0.3, -0.25) is 14.6 Å². The molecule has 2 rings (SSSR count). The van der Waals surface area contributed by atoms with Crippen LogP contribution in [0, 0.1) is 0 Å². The fraction of sp³-hybridized carbons (Fsp3) is 0.389. The largest absolute Gasteiger partial charge is 0.341 e. The number of carbonyl (C=O) groups is 2. The third-order valence-corrected chi connectivity index (χ3v) is 3.78. The Kier molecular flexibility index (Phi) is 6.26. The number of anilines is 1. The molecule has 0 fully saturated rings. The van der Waals surface area contributed by atoms with Gasteiger partial charge in [-0.1, -0.05) is 18.2 Å². The lowest BCUT2D eigenvalue weighted by atomic mass is 10.2. The van der Waals surface area contributed by atoms with E-state index in [0.717, 1.165) is 17.4 Å². The number of hydrogen-bond acceptors (Lipinski definition) is 4. The highest BCUT2D eigenvalue weighted by molar-refractivity contribution is 6.00. The Bertz CT molecular complexity index is 710. The Morgan fingerprint density at radius 3 is 2.54 bits per heavy atom. The van der Waals surface area contributed by atoms with E-state index in [1.54, 1.807) is 11.1 Å². The molecule has 0 unspecified atom stereocenters. The predicted molar refractivity (Wildman–Crippen MR) is 95.8 cm³/mol. The van der Waals surface area contributed by atoms with Crippen LogP contribution in [0.4, 0.5) is 5.69 Å². The van der Waals surface area contributed by atoms with Gasteiger partial charge >= 0.3 is 0 Å². The van der Waals surface area contributed by atoms with E-state index < -0.39 is 0 Å². The van der Waals surface area contributed by atoms with Crippen LogP contribution in [0.5, 0.6) is 0 Å². The lowest BCUT2D eigenvalue weighted by Gasteiger charge is -2.22. The highest BCUT2D eigenvalue weighted by Gasteiger charge is 2.12. The van der Waals surface area contributed by atoms with E-state index in [0.29, 0.717) is 18.8 Å². The first-order chi connectivity index (χ1) is 11.5. The van der Waals surface area contributed by atoms with Gasteiger partial charge in [-0.15, -0.1) is 0 Å². The second-order valence-corrected chi connectivity index (χ2v) is 5.99. The molecular formula is C18H24N4O2. The Hall–Kier alpha value is -2.47. The normalized spacial score (nSPS) is 10.8. The summed E-state index contributed by atoms with van der Waals surface area (Å²) in [5.74, 6) is -0.138. The van der Waals surface area contributed by atoms with Gasteiger partial charge in [0, 0.05) is 44.6 Å². The molecular weight excluding hydrogens is 304 g/mol. The molecule has 2 aromatic rings. The summed E-state index contributed by atoms with van der Waals surface area (Å²) >= 11 is 0. The Balaban J connectivity index is 1.95. The number of fused-ring (bicyclic) bond motifs is 1. The van der Waals surface area contributed by atoms with Crippen LogP contribution in [0.25, 0.3) is 10.9 Å². The second-order valence-electron chi connectivity index (χ2n) is 5.99. The summed E-state index contributed by atoms with van der Waals surface area (Å²) in [6, 6.07) is 9.50. The van der Waals surface area contributed by atoms with Crippen LogP contribution in [-0.4, -0.2) is 60.3 Å². The van der Waals surface area contributed by atoms with Gasteiger partial charge in [0.05, 0.1) is 11.2 Å². The standard InChI is InChI=1S/C18H24N4O2/c1-14(23)22(13-12-21(2)3)11-9-17(24)20-16-8-4-6-15-7-5-10-19-18(15)16/h4-8,10H,9,11-13H2,1-3H3,(H,20,24). The number of pyridine rings is 1. The molecule has 0 aliphatic rings. The van der Waals surface area contributed by atoms with Crippen molar-refractivity contribution in [1.82, 2.24) is 14.8 Å². The van der Waals surface area contributed by atoms with Crippen LogP contribution in [0.1, 0.15) is 13.3 Å². The second kappa shape index (κ2) is 8.40. The van der Waals surface area contributed by atoms with Crippen molar-refractivity contribution in [3.05, 3.63) is 36.5 Å². The van der Waals surface area contributed by atoms with E-state index in [-0.39, 0.29) is 18.2 Å². The molecule has 6 heteroatoms. The molecule has 0 radical (unpaired) electrons. The van der Waals surface area contributed by atoms with Crippen molar-refractivity contribution in [2.24, 2.45) is 0 Å². The molecule has 128 valence electrons. The number of benzene rings is 1. The SMILES string of the molecule is CC(=O)N(CCC(=O)Nc1cccc2cccnc12)CCN(C)C. The van der Waals surface area contributed by atoms with E-state index in [2.05, 4.69) is 10.3 Å². The van der Waals surface area contributed by atoms with Crippen molar-refractivity contribution in [3.8, 4) is 0 Å². The number of carbonyl (C=O) groups excluding carboxylic acids is 2. The first-order valence-electron chi connectivity index (χ1n) is 8.01. The third-order valence-electron chi connectivity index (χ3n) is 3.78. The number of nitrogens with zero attached hydrogens (tertiary/aromatic N) is 3. The summed E-state index contributed by atoms with van der Waals surface area (Å²) < 4.78 is 0. The number of hydrogen-bond donors (Lipinski definition) is 1. The van der Waals surface area contributed by atoms with Crippen LogP contribution in [0.2, 0.25) is 0 Å². The van der Waals surface area contributed by atoms with Crippen molar-refractivity contribution in [2.45, 2.75) is 13.3 Å². The Morgan fingerprint density at radius 2 is 1.83 bits per heavy atom. The molecule has 0 aliphatic heterocycles. The van der Waals surface area contributed by atoms with Gasteiger partial charge in [-0.2, -0.15) is 0 Å². The molecule has 1 heterocycles. The van der Waals surface area contributed by atoms with Crippen LogP contribution in [0.3, 0.4) is 0 Å². The van der Waals surface area contributed by atoms with Crippen molar-refractivity contribution in [1.29, 1.82) is 0 Å². The molecule has 0 saturated heterocycles. The van der Waals surface area contributed by atoms with Crippen LogP contribution in [0.15, 0.2) is 36.5 Å². The summed E-state index contributed by atoms with van der Waals surface area (Å²) in [7, 11) is 3.91. The zero-order valence-electron chi connectivity index (χ0n) is 14.5. The lowest BCUT2D eigenvalue weighted by molar-refractivity contribution is -0.129. The van der Waals surface area contributed by atoms with E-state index in [4.69, 9.17) is 0 Å². The fourth-order valence-electron chi connectivity index (χ4n) is 2.40. The van der Waals surface area contributed by atoms with Crippen molar-refractivity contribution < 1.29 is 9.59 Å². The third kappa shape index (κ3) is 5.03. The molecule has 1 aromatic carbocycles. The summed E-state index contributed by atoms with van der Waals surface area (Å²) in [4.78, 5) is 31.9. The molecule has 0 spiro atoms. The number of nitrogens with one attached hydrogen (secondary N) is 1. The van der Waals surface area contributed by atoms with Crippen molar-refractivity contribution in [3.63, 3.8) is 0 Å². The van der Waals surface area contributed by atoms with E-state index in [1.807, 2.05) is 49.3 Å². The van der Waals surface area contributed by atoms with Gasteiger partial charge in [0.1, 0.15) is 0 Å². The van der Waals surface area contributed by atoms with E-state index >= 15 is 0 Å². The molecule has 24 heavy (non-hydrogen) atoms. The maximum absolute atomic E-state index is 12.2. The average Bonchev–Trinajstić information content (AvgIpc) is 2.54. The number of para-hydroxylation sites is 1. The number of rotatable bonds is 7. The van der Waals surface area contributed by atoms with Gasteiger partial charge in [0.25, 0.3) is 0 Å². The fourth-order valence-corrected chi connectivity index (χ4v) is 2.40. The monoisotopic (exact) mass is 328 g/mol. The zero-order valence-corrected chi connectivity index (χ0v) is 14.5. The Morgan fingerprint density at radius 1 is 1.08 bits per heavy atom. The van der Waals surface area contributed by atoms with Gasteiger partial charge in [0.2, 0.25) is 11.8 Å². The number of likely N-dealkylation sites (N-methyl/N-ethyl adjacent to an activating group) is 1. The quantitative estimate of drug-likeness (QED) is 0.844. The van der Waals surface area contributed by atoms with Crippen LogP contribution >= 0.6 is 0 Å². The highest BCUT2D eigenvalue weighted by atomic mass is 16.2. The van der Waals surface area contributed by atoms with Crippen LogP contribution < -0.4 is 5.32 Å². The Labute approximate surface area is 142 Å². The zero-order chi connectivity index (χ0) is 17.5. The maximum Gasteiger partial charge on any atom is 0.226 e. The maximum atomic E-state index is 12.2. The molecule has 6 nitrogen and oxygen atoms in total. The molecule has 0 aliphatic carbocycles. The topological polar surface area (TPSA) is 65.5 Å².